The van der Waals surface area contributed by atoms with Crippen LogP contribution in [0.15, 0.2) is 194 Å². The van der Waals surface area contributed by atoms with E-state index in [1.165, 1.54) is 21.9 Å². The third-order valence-electron chi connectivity index (χ3n) is 10.0. The molecule has 248 valence electrons. The predicted octanol–water partition coefficient (Wildman–Crippen LogP) is 12.5. The summed E-state index contributed by atoms with van der Waals surface area (Å²) in [5, 5.41) is 4.61. The molecule has 0 aliphatic carbocycles. The number of hydrogen-bond donors (Lipinski definition) is 0. The van der Waals surface area contributed by atoms with E-state index in [9.17, 15) is 0 Å². The standard InChI is InChI=1S/C49H32N4/c1-4-17-33(18-5-1)36-23-16-24-37(31-36)46-41-28-11-10-25-38(41)42(32-45(46)53-43-29-14-12-26-39(43)40-27-13-15-30-44(40)53)49-51-47(34-19-6-2-7-20-34)50-48(52-49)35-21-8-3-9-22-35/h1-32H. The summed E-state index contributed by atoms with van der Waals surface area (Å²) in [7, 11) is 0. The van der Waals surface area contributed by atoms with Gasteiger partial charge in [-0.25, -0.2) is 15.0 Å². The third-order valence-corrected chi connectivity index (χ3v) is 10.0. The van der Waals surface area contributed by atoms with Gasteiger partial charge in [-0.15, -0.1) is 0 Å². The molecular formula is C49H32N4. The Labute approximate surface area is 307 Å². The van der Waals surface area contributed by atoms with E-state index < -0.39 is 0 Å². The second kappa shape index (κ2) is 12.9. The lowest BCUT2D eigenvalue weighted by Crippen LogP contribution is -2.03. The fraction of sp³-hybridized carbons (Fsp3) is 0. The molecule has 0 aliphatic rings. The quantitative estimate of drug-likeness (QED) is 0.176. The summed E-state index contributed by atoms with van der Waals surface area (Å²) in [6, 6.07) is 68.2. The van der Waals surface area contributed by atoms with Crippen molar-refractivity contribution in [2.45, 2.75) is 0 Å². The fourth-order valence-electron chi connectivity index (χ4n) is 7.62. The van der Waals surface area contributed by atoms with Crippen LogP contribution < -0.4 is 0 Å². The lowest BCUT2D eigenvalue weighted by Gasteiger charge is -2.20. The number of benzene rings is 8. The Balaban J connectivity index is 1.33. The minimum atomic E-state index is 0.625. The highest BCUT2D eigenvalue weighted by Crippen LogP contribution is 2.44. The molecule has 0 radical (unpaired) electrons. The van der Waals surface area contributed by atoms with E-state index in [0.29, 0.717) is 17.5 Å². The molecule has 2 aromatic heterocycles. The van der Waals surface area contributed by atoms with Crippen LogP contribution in [0.3, 0.4) is 0 Å². The van der Waals surface area contributed by atoms with Crippen molar-refractivity contribution in [3.05, 3.63) is 194 Å². The van der Waals surface area contributed by atoms with Gasteiger partial charge in [-0.2, -0.15) is 0 Å². The van der Waals surface area contributed by atoms with Crippen molar-refractivity contribution in [3.8, 4) is 62.1 Å². The summed E-state index contributed by atoms with van der Waals surface area (Å²) in [6.45, 7) is 0. The fourth-order valence-corrected chi connectivity index (χ4v) is 7.62. The van der Waals surface area contributed by atoms with Gasteiger partial charge in [-0.05, 0) is 51.7 Å². The lowest BCUT2D eigenvalue weighted by atomic mass is 9.91. The molecule has 4 nitrogen and oxygen atoms in total. The van der Waals surface area contributed by atoms with Crippen molar-refractivity contribution in [2.24, 2.45) is 0 Å². The average Bonchev–Trinajstić information content (AvgIpc) is 3.58. The molecule has 0 bridgehead atoms. The zero-order valence-electron chi connectivity index (χ0n) is 28.8. The molecule has 2 heterocycles. The van der Waals surface area contributed by atoms with Crippen LogP contribution in [0.25, 0.3) is 94.7 Å². The summed E-state index contributed by atoms with van der Waals surface area (Å²) in [4.78, 5) is 15.5. The van der Waals surface area contributed by atoms with E-state index in [1.54, 1.807) is 0 Å². The van der Waals surface area contributed by atoms with Gasteiger partial charge in [-0.1, -0.05) is 170 Å². The zero-order chi connectivity index (χ0) is 35.1. The molecule has 8 aromatic carbocycles. The molecule has 10 aromatic rings. The monoisotopic (exact) mass is 676 g/mol. The van der Waals surface area contributed by atoms with E-state index in [1.807, 2.05) is 36.4 Å². The van der Waals surface area contributed by atoms with Gasteiger partial charge < -0.3 is 4.57 Å². The molecule has 0 saturated carbocycles. The molecule has 10 rings (SSSR count). The van der Waals surface area contributed by atoms with Gasteiger partial charge in [0.25, 0.3) is 0 Å². The highest BCUT2D eigenvalue weighted by atomic mass is 15.0. The SMILES string of the molecule is c1ccc(-c2cccc(-c3c(-n4c5ccccc5c5ccccc54)cc(-c4nc(-c5ccccc5)nc(-c5ccccc5)n4)c4ccccc34)c2)cc1. The van der Waals surface area contributed by atoms with E-state index in [-0.39, 0.29) is 0 Å². The first-order chi connectivity index (χ1) is 26.3. The summed E-state index contributed by atoms with van der Waals surface area (Å²) in [5.74, 6) is 1.90. The summed E-state index contributed by atoms with van der Waals surface area (Å²) < 4.78 is 2.42. The van der Waals surface area contributed by atoms with Crippen LogP contribution in [-0.4, -0.2) is 19.5 Å². The zero-order valence-corrected chi connectivity index (χ0v) is 28.8. The maximum Gasteiger partial charge on any atom is 0.164 e. The third kappa shape index (κ3) is 5.36. The highest BCUT2D eigenvalue weighted by molar-refractivity contribution is 6.13. The van der Waals surface area contributed by atoms with Crippen LogP contribution in [0.2, 0.25) is 0 Å². The van der Waals surface area contributed by atoms with E-state index in [2.05, 4.69) is 162 Å². The number of para-hydroxylation sites is 2. The van der Waals surface area contributed by atoms with Crippen molar-refractivity contribution >= 4 is 32.6 Å². The number of aromatic nitrogens is 4. The van der Waals surface area contributed by atoms with Crippen molar-refractivity contribution in [1.82, 2.24) is 19.5 Å². The van der Waals surface area contributed by atoms with Gasteiger partial charge in [0.2, 0.25) is 0 Å². The Kier molecular flexibility index (Phi) is 7.43. The topological polar surface area (TPSA) is 43.6 Å². The molecule has 53 heavy (non-hydrogen) atoms. The first-order valence-corrected chi connectivity index (χ1v) is 17.9. The number of nitrogens with zero attached hydrogens (tertiary/aromatic N) is 4. The molecule has 0 amide bonds. The highest BCUT2D eigenvalue weighted by Gasteiger charge is 2.22. The summed E-state index contributed by atoms with van der Waals surface area (Å²) >= 11 is 0. The molecule has 0 fully saturated rings. The molecule has 0 unspecified atom stereocenters. The molecule has 0 aliphatic heterocycles. The van der Waals surface area contributed by atoms with Crippen LogP contribution in [0.1, 0.15) is 0 Å². The number of rotatable bonds is 6. The van der Waals surface area contributed by atoms with Crippen LogP contribution in [0, 0.1) is 0 Å². The Morgan fingerprint density at radius 2 is 0.736 bits per heavy atom. The van der Waals surface area contributed by atoms with Gasteiger partial charge in [0, 0.05) is 33.0 Å². The van der Waals surface area contributed by atoms with Crippen molar-refractivity contribution in [3.63, 3.8) is 0 Å². The first-order valence-electron chi connectivity index (χ1n) is 17.9. The maximum atomic E-state index is 5.22. The van der Waals surface area contributed by atoms with Crippen molar-refractivity contribution < 1.29 is 0 Å². The van der Waals surface area contributed by atoms with Crippen LogP contribution in [0.5, 0.6) is 0 Å². The van der Waals surface area contributed by atoms with E-state index >= 15 is 0 Å². The van der Waals surface area contributed by atoms with E-state index in [4.69, 9.17) is 15.0 Å². The molecule has 4 heteroatoms. The molecule has 0 atom stereocenters. The van der Waals surface area contributed by atoms with Crippen LogP contribution in [0.4, 0.5) is 0 Å². The summed E-state index contributed by atoms with van der Waals surface area (Å²) in [5.41, 5.74) is 10.8. The maximum absolute atomic E-state index is 5.22. The Bertz CT molecular complexity index is 2820. The first kappa shape index (κ1) is 30.6. The second-order valence-corrected chi connectivity index (χ2v) is 13.2. The smallest absolute Gasteiger partial charge is 0.164 e. The van der Waals surface area contributed by atoms with Gasteiger partial charge in [-0.3, -0.25) is 0 Å². The largest absolute Gasteiger partial charge is 0.309 e. The van der Waals surface area contributed by atoms with Gasteiger partial charge in [0.15, 0.2) is 17.5 Å². The van der Waals surface area contributed by atoms with Gasteiger partial charge in [0.05, 0.1) is 16.7 Å². The minimum absolute atomic E-state index is 0.625. The Hall–Kier alpha value is -7.17. The van der Waals surface area contributed by atoms with Crippen LogP contribution >= 0.6 is 0 Å². The van der Waals surface area contributed by atoms with Gasteiger partial charge >= 0.3 is 0 Å². The van der Waals surface area contributed by atoms with Crippen molar-refractivity contribution in [2.75, 3.05) is 0 Å². The van der Waals surface area contributed by atoms with Crippen LogP contribution in [-0.2, 0) is 0 Å². The number of fused-ring (bicyclic) bond motifs is 4. The lowest BCUT2D eigenvalue weighted by molar-refractivity contribution is 1.07. The van der Waals surface area contributed by atoms with Crippen molar-refractivity contribution in [1.29, 1.82) is 0 Å². The molecule has 0 saturated heterocycles. The minimum Gasteiger partial charge on any atom is -0.309 e. The molecule has 0 spiro atoms. The molecular weight excluding hydrogens is 645 g/mol. The van der Waals surface area contributed by atoms with E-state index in [0.717, 1.165) is 55.3 Å². The Morgan fingerprint density at radius 3 is 1.32 bits per heavy atom. The average molecular weight is 677 g/mol. The molecule has 0 N–H and O–H groups in total. The summed E-state index contributed by atoms with van der Waals surface area (Å²) in [6.07, 6.45) is 0. The number of hydrogen-bond acceptors (Lipinski definition) is 3. The second-order valence-electron chi connectivity index (χ2n) is 13.2. The predicted molar refractivity (Wildman–Crippen MR) is 219 cm³/mol. The Morgan fingerprint density at radius 1 is 0.302 bits per heavy atom. The van der Waals surface area contributed by atoms with Gasteiger partial charge in [0.1, 0.15) is 0 Å². The normalized spacial score (nSPS) is 11.4.